The van der Waals surface area contributed by atoms with Gasteiger partial charge in [-0.3, -0.25) is 4.79 Å². The Morgan fingerprint density at radius 2 is 1.80 bits per heavy atom. The van der Waals surface area contributed by atoms with E-state index in [0.717, 1.165) is 16.5 Å². The minimum atomic E-state index is -0.362. The number of amides is 1. The monoisotopic (exact) mass is 271 g/mol. The molecule has 2 rings (SSSR count). The van der Waals surface area contributed by atoms with Crippen molar-refractivity contribution in [1.29, 1.82) is 0 Å². The molecule has 0 radical (unpaired) electrons. The molecule has 0 aliphatic rings. The summed E-state index contributed by atoms with van der Waals surface area (Å²) in [5.41, 5.74) is -0.362. The summed E-state index contributed by atoms with van der Waals surface area (Å²) in [7, 11) is 0. The van der Waals surface area contributed by atoms with Gasteiger partial charge in [0.05, 0.1) is 6.54 Å². The van der Waals surface area contributed by atoms with Gasteiger partial charge in [0.15, 0.2) is 0 Å². The predicted molar refractivity (Wildman–Crippen MR) is 81.9 cm³/mol. The topological polar surface area (TPSA) is 38.3 Å². The van der Waals surface area contributed by atoms with Crippen LogP contribution in [0, 0.1) is 5.41 Å². The lowest BCUT2D eigenvalue weighted by Crippen LogP contribution is -2.37. The van der Waals surface area contributed by atoms with Crippen LogP contribution in [0.5, 0.6) is 5.75 Å². The number of hydrogen-bond donors (Lipinski definition) is 1. The van der Waals surface area contributed by atoms with Gasteiger partial charge < -0.3 is 10.1 Å². The molecule has 0 aliphatic carbocycles. The Morgan fingerprint density at radius 3 is 2.55 bits per heavy atom. The summed E-state index contributed by atoms with van der Waals surface area (Å²) < 4.78 is 5.77. The predicted octanol–water partition coefficient (Wildman–Crippen LogP) is 3.38. The van der Waals surface area contributed by atoms with E-state index in [4.69, 9.17) is 4.74 Å². The largest absolute Gasteiger partial charge is 0.491 e. The molecule has 0 aliphatic heterocycles. The van der Waals surface area contributed by atoms with E-state index in [1.807, 2.05) is 51.1 Å². The van der Waals surface area contributed by atoms with Crippen LogP contribution in [0.3, 0.4) is 0 Å². The van der Waals surface area contributed by atoms with Crippen molar-refractivity contribution in [3.05, 3.63) is 42.5 Å². The molecule has 2 aromatic carbocycles. The zero-order chi connectivity index (χ0) is 14.6. The van der Waals surface area contributed by atoms with Crippen molar-refractivity contribution in [3.63, 3.8) is 0 Å². The molecule has 106 valence electrons. The van der Waals surface area contributed by atoms with Crippen molar-refractivity contribution < 1.29 is 9.53 Å². The first-order valence-electron chi connectivity index (χ1n) is 6.87. The average Bonchev–Trinajstić information content (AvgIpc) is 2.42. The molecule has 1 N–H and O–H groups in total. The third kappa shape index (κ3) is 3.50. The quantitative estimate of drug-likeness (QED) is 0.866. The van der Waals surface area contributed by atoms with Gasteiger partial charge in [-0.25, -0.2) is 0 Å². The summed E-state index contributed by atoms with van der Waals surface area (Å²) in [6.07, 6.45) is 0. The SMILES string of the molecule is CC(C)(C)C(=O)NCCOc1cccc2ccccc12. The molecule has 0 fully saturated rings. The third-order valence-electron chi connectivity index (χ3n) is 3.08. The van der Waals surface area contributed by atoms with Crippen LogP contribution in [-0.2, 0) is 4.79 Å². The smallest absolute Gasteiger partial charge is 0.225 e. The number of carbonyl (C=O) groups excluding carboxylic acids is 1. The fourth-order valence-corrected chi connectivity index (χ4v) is 1.91. The third-order valence-corrected chi connectivity index (χ3v) is 3.08. The lowest BCUT2D eigenvalue weighted by molar-refractivity contribution is -0.128. The first-order chi connectivity index (χ1) is 9.48. The van der Waals surface area contributed by atoms with Crippen molar-refractivity contribution >= 4 is 16.7 Å². The first-order valence-corrected chi connectivity index (χ1v) is 6.87. The Morgan fingerprint density at radius 1 is 1.10 bits per heavy atom. The van der Waals surface area contributed by atoms with Gasteiger partial charge in [-0.15, -0.1) is 0 Å². The molecule has 3 nitrogen and oxygen atoms in total. The maximum absolute atomic E-state index is 11.7. The highest BCUT2D eigenvalue weighted by molar-refractivity contribution is 5.88. The highest BCUT2D eigenvalue weighted by Crippen LogP contribution is 2.24. The van der Waals surface area contributed by atoms with Crippen LogP contribution in [-0.4, -0.2) is 19.1 Å². The Bertz CT molecular complexity index is 594. The lowest BCUT2D eigenvalue weighted by atomic mass is 9.96. The van der Waals surface area contributed by atoms with Crippen LogP contribution in [0.1, 0.15) is 20.8 Å². The second-order valence-electron chi connectivity index (χ2n) is 5.83. The molecule has 0 aromatic heterocycles. The standard InChI is InChI=1S/C17H21NO2/c1-17(2,3)16(19)18-11-12-20-15-10-6-8-13-7-4-5-9-14(13)15/h4-10H,11-12H2,1-3H3,(H,18,19). The summed E-state index contributed by atoms with van der Waals surface area (Å²) in [4.78, 5) is 11.7. The van der Waals surface area contributed by atoms with Gasteiger partial charge in [-0.2, -0.15) is 0 Å². The average molecular weight is 271 g/mol. The van der Waals surface area contributed by atoms with E-state index in [-0.39, 0.29) is 11.3 Å². The van der Waals surface area contributed by atoms with Crippen molar-refractivity contribution in [2.45, 2.75) is 20.8 Å². The van der Waals surface area contributed by atoms with E-state index in [1.165, 1.54) is 0 Å². The van der Waals surface area contributed by atoms with Gasteiger partial charge >= 0.3 is 0 Å². The number of ether oxygens (including phenoxy) is 1. The molecule has 0 saturated heterocycles. The van der Waals surface area contributed by atoms with Crippen LogP contribution in [0.2, 0.25) is 0 Å². The molecule has 2 aromatic rings. The zero-order valence-electron chi connectivity index (χ0n) is 12.3. The molecule has 0 unspecified atom stereocenters. The van der Waals surface area contributed by atoms with Gasteiger partial charge in [0.2, 0.25) is 5.91 Å². The Hall–Kier alpha value is -2.03. The summed E-state index contributed by atoms with van der Waals surface area (Å²) in [5, 5.41) is 5.13. The minimum absolute atomic E-state index is 0.0408. The number of hydrogen-bond acceptors (Lipinski definition) is 2. The summed E-state index contributed by atoms with van der Waals surface area (Å²) in [6, 6.07) is 14.1. The van der Waals surface area contributed by atoms with Gasteiger partial charge in [-0.05, 0) is 11.5 Å². The minimum Gasteiger partial charge on any atom is -0.491 e. The Labute approximate surface area is 119 Å². The molecule has 0 atom stereocenters. The zero-order valence-corrected chi connectivity index (χ0v) is 12.3. The van der Waals surface area contributed by atoms with Crippen molar-refractivity contribution in [2.75, 3.05) is 13.2 Å². The van der Waals surface area contributed by atoms with Crippen LogP contribution in [0.4, 0.5) is 0 Å². The maximum atomic E-state index is 11.7. The summed E-state index contributed by atoms with van der Waals surface area (Å²) >= 11 is 0. The van der Waals surface area contributed by atoms with Gasteiger partial charge in [0.1, 0.15) is 12.4 Å². The molecule has 0 bridgehead atoms. The van der Waals surface area contributed by atoms with E-state index in [0.29, 0.717) is 13.2 Å². The summed E-state index contributed by atoms with van der Waals surface area (Å²) in [5.74, 6) is 0.895. The number of rotatable bonds is 4. The van der Waals surface area contributed by atoms with Crippen LogP contribution >= 0.6 is 0 Å². The van der Waals surface area contributed by atoms with Gasteiger partial charge in [-0.1, -0.05) is 57.2 Å². The molecule has 1 amide bonds. The van der Waals surface area contributed by atoms with E-state index < -0.39 is 0 Å². The Kier molecular flexibility index (Phi) is 4.28. The van der Waals surface area contributed by atoms with E-state index in [9.17, 15) is 4.79 Å². The van der Waals surface area contributed by atoms with Crippen molar-refractivity contribution in [1.82, 2.24) is 5.32 Å². The van der Waals surface area contributed by atoms with Crippen molar-refractivity contribution in [2.24, 2.45) is 5.41 Å². The fourth-order valence-electron chi connectivity index (χ4n) is 1.91. The normalized spacial score (nSPS) is 11.3. The fraction of sp³-hybridized carbons (Fsp3) is 0.353. The Balaban J connectivity index is 1.92. The number of fused-ring (bicyclic) bond motifs is 1. The number of nitrogens with one attached hydrogen (secondary N) is 1. The lowest BCUT2D eigenvalue weighted by Gasteiger charge is -2.17. The van der Waals surface area contributed by atoms with Gasteiger partial charge in [0, 0.05) is 10.8 Å². The molecule has 0 spiro atoms. The van der Waals surface area contributed by atoms with Crippen LogP contribution in [0.15, 0.2) is 42.5 Å². The van der Waals surface area contributed by atoms with Crippen LogP contribution < -0.4 is 10.1 Å². The van der Waals surface area contributed by atoms with E-state index in [1.54, 1.807) is 0 Å². The number of carbonyl (C=O) groups is 1. The van der Waals surface area contributed by atoms with E-state index in [2.05, 4.69) is 17.4 Å². The highest BCUT2D eigenvalue weighted by Gasteiger charge is 2.20. The molecule has 0 saturated carbocycles. The first kappa shape index (κ1) is 14.4. The maximum Gasteiger partial charge on any atom is 0.225 e. The second-order valence-corrected chi connectivity index (χ2v) is 5.83. The van der Waals surface area contributed by atoms with Crippen molar-refractivity contribution in [3.8, 4) is 5.75 Å². The van der Waals surface area contributed by atoms with Gasteiger partial charge in [0.25, 0.3) is 0 Å². The highest BCUT2D eigenvalue weighted by atomic mass is 16.5. The summed E-state index contributed by atoms with van der Waals surface area (Å²) in [6.45, 7) is 6.67. The van der Waals surface area contributed by atoms with E-state index >= 15 is 0 Å². The number of benzene rings is 2. The molecule has 20 heavy (non-hydrogen) atoms. The molecular weight excluding hydrogens is 250 g/mol. The second kappa shape index (κ2) is 5.95. The van der Waals surface area contributed by atoms with Crippen LogP contribution in [0.25, 0.3) is 10.8 Å². The molecule has 3 heteroatoms. The molecular formula is C17H21NO2. The molecule has 0 heterocycles.